The van der Waals surface area contributed by atoms with Crippen LogP contribution in [0.15, 0.2) is 20.4 Å². The van der Waals surface area contributed by atoms with E-state index in [4.69, 9.17) is 4.42 Å². The van der Waals surface area contributed by atoms with Gasteiger partial charge >= 0.3 is 0 Å². The summed E-state index contributed by atoms with van der Waals surface area (Å²) < 4.78 is 5.43. The molecule has 7 heteroatoms. The summed E-state index contributed by atoms with van der Waals surface area (Å²) in [6.45, 7) is 7.17. The number of hydrazone groups is 1. The highest BCUT2D eigenvalue weighted by Gasteiger charge is 2.07. The summed E-state index contributed by atoms with van der Waals surface area (Å²) in [5, 5.41) is 11.6. The van der Waals surface area contributed by atoms with Crippen molar-refractivity contribution in [1.82, 2.24) is 15.2 Å². The van der Waals surface area contributed by atoms with E-state index in [0.717, 1.165) is 22.8 Å². The first-order valence-corrected chi connectivity index (χ1v) is 5.78. The summed E-state index contributed by atoms with van der Waals surface area (Å²) in [4.78, 5) is 13.9. The molecule has 0 unspecified atom stereocenters. The quantitative estimate of drug-likeness (QED) is 0.645. The maximum atomic E-state index is 11.4. The van der Waals surface area contributed by atoms with Crippen LogP contribution in [0.25, 0.3) is 0 Å². The maximum absolute atomic E-state index is 11.4. The molecule has 0 spiro atoms. The van der Waals surface area contributed by atoms with Crippen LogP contribution >= 0.6 is 0 Å². The first-order valence-electron chi connectivity index (χ1n) is 5.78. The monoisotopic (exact) mass is 261 g/mol. The zero-order chi connectivity index (χ0) is 14.0. The number of hydrogen-bond donors (Lipinski definition) is 2. The van der Waals surface area contributed by atoms with Gasteiger partial charge in [-0.15, -0.1) is 10.2 Å². The van der Waals surface area contributed by atoms with Crippen LogP contribution in [0, 0.1) is 20.8 Å². The third-order valence-electron chi connectivity index (χ3n) is 2.62. The lowest BCUT2D eigenvalue weighted by Gasteiger charge is -2.01. The Kier molecular flexibility index (Phi) is 3.46. The molecule has 0 atom stereocenters. The van der Waals surface area contributed by atoms with Crippen LogP contribution in [0.4, 0.5) is 5.95 Å². The second kappa shape index (κ2) is 5.05. The van der Waals surface area contributed by atoms with Crippen molar-refractivity contribution in [3.05, 3.63) is 39.2 Å². The number of H-pyrrole nitrogens is 1. The Morgan fingerprint density at radius 3 is 2.68 bits per heavy atom. The molecule has 0 saturated carbocycles. The summed E-state index contributed by atoms with van der Waals surface area (Å²) in [6, 6.07) is 1.90. The summed E-state index contributed by atoms with van der Waals surface area (Å²) >= 11 is 0. The van der Waals surface area contributed by atoms with Crippen molar-refractivity contribution in [3.63, 3.8) is 0 Å². The first-order chi connectivity index (χ1) is 8.97. The molecule has 2 rings (SSSR count). The smallest absolute Gasteiger partial charge is 0.274 e. The van der Waals surface area contributed by atoms with Crippen LogP contribution in [0.1, 0.15) is 29.7 Å². The molecule has 2 aromatic heterocycles. The van der Waals surface area contributed by atoms with Crippen molar-refractivity contribution < 1.29 is 4.42 Å². The number of hydrogen-bond acceptors (Lipinski definition) is 6. The Labute approximate surface area is 109 Å². The lowest BCUT2D eigenvalue weighted by Crippen LogP contribution is -2.16. The Morgan fingerprint density at radius 2 is 2.11 bits per heavy atom. The van der Waals surface area contributed by atoms with Crippen LogP contribution in [0.5, 0.6) is 0 Å². The van der Waals surface area contributed by atoms with E-state index in [2.05, 4.69) is 25.7 Å². The number of aromatic amines is 1. The second-order valence-electron chi connectivity index (χ2n) is 4.22. The zero-order valence-electron chi connectivity index (χ0n) is 11.2. The molecular formula is C12H15N5O2. The lowest BCUT2D eigenvalue weighted by atomic mass is 10.2. The van der Waals surface area contributed by atoms with E-state index in [0.29, 0.717) is 5.69 Å². The fraction of sp³-hybridized carbons (Fsp3) is 0.333. The molecule has 0 amide bonds. The first kappa shape index (κ1) is 13.0. The highest BCUT2D eigenvalue weighted by Crippen LogP contribution is 2.14. The highest BCUT2D eigenvalue weighted by atomic mass is 16.3. The van der Waals surface area contributed by atoms with Gasteiger partial charge in [0.2, 0.25) is 5.95 Å². The Hall–Kier alpha value is -2.44. The van der Waals surface area contributed by atoms with Gasteiger partial charge in [-0.2, -0.15) is 5.10 Å². The van der Waals surface area contributed by atoms with Gasteiger partial charge in [0.1, 0.15) is 17.2 Å². The molecule has 0 radical (unpaired) electrons. The molecule has 2 N–H and O–H groups in total. The minimum Gasteiger partial charge on any atom is -0.466 e. The van der Waals surface area contributed by atoms with Crippen molar-refractivity contribution >= 4 is 11.7 Å². The van der Waals surface area contributed by atoms with Gasteiger partial charge in [-0.05, 0) is 33.8 Å². The lowest BCUT2D eigenvalue weighted by molar-refractivity contribution is 0.504. The van der Waals surface area contributed by atoms with Gasteiger partial charge in [0.05, 0.1) is 5.71 Å². The van der Waals surface area contributed by atoms with E-state index in [-0.39, 0.29) is 11.5 Å². The van der Waals surface area contributed by atoms with E-state index in [1.165, 1.54) is 0 Å². The van der Waals surface area contributed by atoms with E-state index in [1.54, 1.807) is 6.92 Å². The van der Waals surface area contributed by atoms with E-state index in [9.17, 15) is 4.79 Å². The number of nitrogens with zero attached hydrogens (tertiary/aromatic N) is 3. The van der Waals surface area contributed by atoms with Gasteiger partial charge in [0, 0.05) is 5.56 Å². The topological polar surface area (TPSA) is 96.2 Å². The van der Waals surface area contributed by atoms with Crippen LogP contribution in [-0.4, -0.2) is 20.9 Å². The number of aromatic nitrogens is 3. The molecule has 2 heterocycles. The molecule has 7 nitrogen and oxygen atoms in total. The van der Waals surface area contributed by atoms with Gasteiger partial charge in [-0.25, -0.2) is 5.43 Å². The third kappa shape index (κ3) is 2.87. The Bertz CT molecular complexity index is 684. The van der Waals surface area contributed by atoms with Crippen molar-refractivity contribution in [3.8, 4) is 0 Å². The molecule has 0 aliphatic rings. The molecule has 100 valence electrons. The van der Waals surface area contributed by atoms with Gasteiger partial charge in [0.15, 0.2) is 0 Å². The van der Waals surface area contributed by atoms with Crippen molar-refractivity contribution in [1.29, 1.82) is 0 Å². The molecule has 0 aliphatic carbocycles. The molecule has 0 aliphatic heterocycles. The van der Waals surface area contributed by atoms with Gasteiger partial charge in [-0.3, -0.25) is 9.78 Å². The molecular weight excluding hydrogens is 246 g/mol. The summed E-state index contributed by atoms with van der Waals surface area (Å²) in [5.41, 5.74) is 4.33. The molecule has 0 fully saturated rings. The third-order valence-corrected chi connectivity index (χ3v) is 2.62. The molecule has 0 saturated heterocycles. The Balaban J connectivity index is 2.20. The largest absolute Gasteiger partial charge is 0.466 e. The zero-order valence-corrected chi connectivity index (χ0v) is 11.2. The van der Waals surface area contributed by atoms with E-state index < -0.39 is 0 Å². The van der Waals surface area contributed by atoms with Crippen molar-refractivity contribution in [2.45, 2.75) is 27.7 Å². The van der Waals surface area contributed by atoms with Gasteiger partial charge in [-0.1, -0.05) is 0 Å². The number of rotatable bonds is 3. The second-order valence-corrected chi connectivity index (χ2v) is 4.22. The van der Waals surface area contributed by atoms with Crippen LogP contribution in [-0.2, 0) is 0 Å². The van der Waals surface area contributed by atoms with Crippen LogP contribution < -0.4 is 11.0 Å². The fourth-order valence-electron chi connectivity index (χ4n) is 1.63. The SMILES string of the molecule is C/C(=N/Nc1nnc(C)c(=O)[nH]1)c1cc(C)oc1C. The summed E-state index contributed by atoms with van der Waals surface area (Å²) in [7, 11) is 0. The molecule has 0 bridgehead atoms. The predicted molar refractivity (Wildman–Crippen MR) is 71.4 cm³/mol. The Morgan fingerprint density at radius 1 is 1.37 bits per heavy atom. The van der Waals surface area contributed by atoms with Gasteiger partial charge < -0.3 is 4.42 Å². The molecule has 2 aromatic rings. The number of furan rings is 1. The maximum Gasteiger partial charge on any atom is 0.274 e. The minimum absolute atomic E-state index is 0.202. The van der Waals surface area contributed by atoms with Crippen LogP contribution in [0.2, 0.25) is 0 Å². The van der Waals surface area contributed by atoms with Crippen LogP contribution in [0.3, 0.4) is 0 Å². The van der Waals surface area contributed by atoms with Crippen molar-refractivity contribution in [2.75, 3.05) is 5.43 Å². The van der Waals surface area contributed by atoms with Gasteiger partial charge in [0.25, 0.3) is 5.56 Å². The summed E-state index contributed by atoms with van der Waals surface area (Å²) in [5.74, 6) is 1.82. The molecule has 19 heavy (non-hydrogen) atoms. The molecule has 0 aromatic carbocycles. The average molecular weight is 261 g/mol. The standard InChI is InChI=1S/C12H15N5O2/c1-6-5-10(9(4)19-6)7(2)14-16-12-13-11(18)8(3)15-17-12/h5H,1-4H3,(H2,13,16,17,18)/b14-7-. The minimum atomic E-state index is -0.291. The normalized spacial score (nSPS) is 11.7. The summed E-state index contributed by atoms with van der Waals surface area (Å²) in [6.07, 6.45) is 0. The number of anilines is 1. The fourth-order valence-corrected chi connectivity index (χ4v) is 1.63. The van der Waals surface area contributed by atoms with E-state index >= 15 is 0 Å². The highest BCUT2D eigenvalue weighted by molar-refractivity contribution is 5.99. The number of aryl methyl sites for hydroxylation is 3. The average Bonchev–Trinajstić information content (AvgIpc) is 2.70. The number of nitrogens with one attached hydrogen (secondary N) is 2. The van der Waals surface area contributed by atoms with E-state index in [1.807, 2.05) is 26.8 Å². The predicted octanol–water partition coefficient (Wildman–Crippen LogP) is 1.52. The van der Waals surface area contributed by atoms with Crippen molar-refractivity contribution in [2.24, 2.45) is 5.10 Å².